The summed E-state index contributed by atoms with van der Waals surface area (Å²) in [5, 5.41) is 3.72. The van der Waals surface area contributed by atoms with E-state index in [0.29, 0.717) is 11.6 Å². The van der Waals surface area contributed by atoms with Crippen molar-refractivity contribution in [3.8, 4) is 0 Å². The van der Waals surface area contributed by atoms with Crippen molar-refractivity contribution >= 4 is 11.6 Å². The number of rotatable bonds is 6. The fourth-order valence-electron chi connectivity index (χ4n) is 1.58. The molecular weight excluding hydrogens is 241 g/mol. The number of hydrogen-bond donors (Lipinski definition) is 1. The summed E-state index contributed by atoms with van der Waals surface area (Å²) in [6.45, 7) is 7.31. The molecule has 17 heavy (non-hydrogen) atoms. The fraction of sp³-hybridized carbons (Fsp3) is 0.538. The molecule has 0 fully saturated rings. The predicted molar refractivity (Wildman–Crippen MR) is 68.9 cm³/mol. The molecule has 0 spiro atoms. The van der Waals surface area contributed by atoms with Crippen molar-refractivity contribution in [3.63, 3.8) is 0 Å². The molecule has 1 rings (SSSR count). The lowest BCUT2D eigenvalue weighted by molar-refractivity contribution is 0.0614. The molecule has 0 bridgehead atoms. The van der Waals surface area contributed by atoms with Crippen molar-refractivity contribution < 1.29 is 9.13 Å². The smallest absolute Gasteiger partial charge is 0.124 e. The highest BCUT2D eigenvalue weighted by molar-refractivity contribution is 6.31. The molecule has 0 amide bonds. The van der Waals surface area contributed by atoms with Crippen molar-refractivity contribution in [2.24, 2.45) is 0 Å². The first-order chi connectivity index (χ1) is 8.04. The minimum atomic E-state index is -0.321. The average Bonchev–Trinajstić information content (AvgIpc) is 2.24. The molecule has 0 heterocycles. The van der Waals surface area contributed by atoms with Gasteiger partial charge in [0.2, 0.25) is 0 Å². The molecule has 1 N–H and O–H groups in total. The van der Waals surface area contributed by atoms with Gasteiger partial charge in [-0.2, -0.15) is 0 Å². The van der Waals surface area contributed by atoms with Gasteiger partial charge < -0.3 is 10.1 Å². The molecule has 96 valence electrons. The highest BCUT2D eigenvalue weighted by Crippen LogP contribution is 2.24. The minimum absolute atomic E-state index is 0.00417. The number of halogens is 2. The summed E-state index contributed by atoms with van der Waals surface area (Å²) in [5.74, 6) is -0.321. The number of benzene rings is 1. The molecule has 0 saturated heterocycles. The van der Waals surface area contributed by atoms with Crippen LogP contribution in [-0.2, 0) is 4.74 Å². The third kappa shape index (κ3) is 4.62. The minimum Gasteiger partial charge on any atom is -0.377 e. The quantitative estimate of drug-likeness (QED) is 0.844. The number of likely N-dealkylation sites (N-methyl/N-ethyl adjacent to an activating group) is 1. The van der Waals surface area contributed by atoms with Crippen LogP contribution in [0.2, 0.25) is 5.02 Å². The highest BCUT2D eigenvalue weighted by atomic mass is 35.5. The largest absolute Gasteiger partial charge is 0.377 e. The van der Waals surface area contributed by atoms with Crippen molar-refractivity contribution in [2.75, 3.05) is 13.2 Å². The van der Waals surface area contributed by atoms with Gasteiger partial charge in [0.05, 0.1) is 18.8 Å². The topological polar surface area (TPSA) is 21.3 Å². The van der Waals surface area contributed by atoms with Crippen LogP contribution in [0.3, 0.4) is 0 Å². The Labute approximate surface area is 107 Å². The van der Waals surface area contributed by atoms with Gasteiger partial charge in [-0.3, -0.25) is 0 Å². The highest BCUT2D eigenvalue weighted by Gasteiger charge is 2.15. The van der Waals surface area contributed by atoms with E-state index in [2.05, 4.69) is 5.32 Å². The van der Waals surface area contributed by atoms with Crippen LogP contribution in [-0.4, -0.2) is 19.3 Å². The summed E-state index contributed by atoms with van der Waals surface area (Å²) >= 11 is 6.04. The molecule has 4 heteroatoms. The van der Waals surface area contributed by atoms with Crippen LogP contribution in [0.15, 0.2) is 18.2 Å². The lowest BCUT2D eigenvalue weighted by Crippen LogP contribution is -2.27. The second-order valence-corrected chi connectivity index (χ2v) is 4.57. The van der Waals surface area contributed by atoms with E-state index in [4.69, 9.17) is 16.3 Å². The Bertz CT molecular complexity index is 357. The predicted octanol–water partition coefficient (Wildman–Crippen LogP) is 3.55. The Morgan fingerprint density at radius 3 is 2.65 bits per heavy atom. The van der Waals surface area contributed by atoms with Gasteiger partial charge in [-0.1, -0.05) is 24.6 Å². The van der Waals surface area contributed by atoms with Crippen LogP contribution in [0.5, 0.6) is 0 Å². The Hall–Kier alpha value is -0.640. The molecule has 1 aromatic carbocycles. The third-order valence-electron chi connectivity index (χ3n) is 2.38. The van der Waals surface area contributed by atoms with E-state index in [1.54, 1.807) is 6.07 Å². The summed E-state index contributed by atoms with van der Waals surface area (Å²) in [6, 6.07) is 4.45. The average molecular weight is 260 g/mol. The standard InChI is InChI=1S/C13H19ClFNO/c1-4-16-13(8-17-9(2)3)11-6-5-10(15)7-12(11)14/h5-7,9,13,16H,4,8H2,1-3H3. The molecule has 1 aromatic rings. The van der Waals surface area contributed by atoms with Crippen molar-refractivity contribution in [3.05, 3.63) is 34.6 Å². The van der Waals surface area contributed by atoms with Crippen molar-refractivity contribution in [2.45, 2.75) is 32.9 Å². The molecule has 0 radical (unpaired) electrons. The second-order valence-electron chi connectivity index (χ2n) is 4.16. The SMILES string of the molecule is CCNC(COC(C)C)c1ccc(F)cc1Cl. The van der Waals surface area contributed by atoms with Gasteiger partial charge in [0.15, 0.2) is 0 Å². The van der Waals surface area contributed by atoms with E-state index in [-0.39, 0.29) is 18.0 Å². The molecular formula is C13H19ClFNO. The maximum atomic E-state index is 13.0. The maximum Gasteiger partial charge on any atom is 0.124 e. The first kappa shape index (κ1) is 14.4. The molecule has 0 aliphatic carbocycles. The lowest BCUT2D eigenvalue weighted by Gasteiger charge is -2.21. The van der Waals surface area contributed by atoms with Crippen molar-refractivity contribution in [1.82, 2.24) is 5.32 Å². The Morgan fingerprint density at radius 2 is 2.12 bits per heavy atom. The summed E-state index contributed by atoms with van der Waals surface area (Å²) < 4.78 is 18.6. The van der Waals surface area contributed by atoms with E-state index >= 15 is 0 Å². The van der Waals surface area contributed by atoms with Crippen LogP contribution in [0, 0.1) is 5.82 Å². The van der Waals surface area contributed by atoms with E-state index in [0.717, 1.165) is 12.1 Å². The summed E-state index contributed by atoms with van der Waals surface area (Å²) in [5.41, 5.74) is 0.871. The molecule has 0 aliphatic rings. The van der Waals surface area contributed by atoms with Gasteiger partial charge in [-0.15, -0.1) is 0 Å². The van der Waals surface area contributed by atoms with Gasteiger partial charge >= 0.3 is 0 Å². The molecule has 2 nitrogen and oxygen atoms in total. The molecule has 0 saturated carbocycles. The molecule has 1 unspecified atom stereocenters. The Morgan fingerprint density at radius 1 is 1.41 bits per heavy atom. The van der Waals surface area contributed by atoms with Gasteiger partial charge in [0, 0.05) is 5.02 Å². The van der Waals surface area contributed by atoms with Gasteiger partial charge in [-0.25, -0.2) is 4.39 Å². The Balaban J connectivity index is 2.81. The Kier molecular flexibility index (Phi) is 5.89. The van der Waals surface area contributed by atoms with E-state index in [1.807, 2.05) is 20.8 Å². The normalized spacial score (nSPS) is 13.1. The van der Waals surface area contributed by atoms with Crippen LogP contribution in [0.25, 0.3) is 0 Å². The molecule has 1 atom stereocenters. The maximum absolute atomic E-state index is 13.0. The van der Waals surface area contributed by atoms with Crippen LogP contribution in [0.1, 0.15) is 32.4 Å². The zero-order valence-electron chi connectivity index (χ0n) is 10.5. The van der Waals surface area contributed by atoms with Gasteiger partial charge in [0.25, 0.3) is 0 Å². The van der Waals surface area contributed by atoms with Crippen LogP contribution in [0.4, 0.5) is 4.39 Å². The second kappa shape index (κ2) is 6.94. The zero-order chi connectivity index (χ0) is 12.8. The van der Waals surface area contributed by atoms with Crippen LogP contribution >= 0.6 is 11.6 Å². The summed E-state index contributed by atoms with van der Waals surface area (Å²) in [6.07, 6.45) is 0.162. The molecule has 0 aliphatic heterocycles. The third-order valence-corrected chi connectivity index (χ3v) is 2.71. The fourth-order valence-corrected chi connectivity index (χ4v) is 1.88. The van der Waals surface area contributed by atoms with E-state index in [1.165, 1.54) is 12.1 Å². The van der Waals surface area contributed by atoms with E-state index < -0.39 is 0 Å². The summed E-state index contributed by atoms with van der Waals surface area (Å²) in [4.78, 5) is 0. The first-order valence-corrected chi connectivity index (χ1v) is 6.22. The first-order valence-electron chi connectivity index (χ1n) is 5.84. The lowest BCUT2D eigenvalue weighted by atomic mass is 10.1. The van der Waals surface area contributed by atoms with Crippen molar-refractivity contribution in [1.29, 1.82) is 0 Å². The summed E-state index contributed by atoms with van der Waals surface area (Å²) in [7, 11) is 0. The number of nitrogens with one attached hydrogen (secondary N) is 1. The zero-order valence-corrected chi connectivity index (χ0v) is 11.2. The van der Waals surface area contributed by atoms with E-state index in [9.17, 15) is 4.39 Å². The van der Waals surface area contributed by atoms with Gasteiger partial charge in [0.1, 0.15) is 5.82 Å². The number of ether oxygens (including phenoxy) is 1. The van der Waals surface area contributed by atoms with Crippen LogP contribution < -0.4 is 5.32 Å². The monoisotopic (exact) mass is 259 g/mol. The molecule has 0 aromatic heterocycles. The number of hydrogen-bond acceptors (Lipinski definition) is 2. The van der Waals surface area contributed by atoms with Gasteiger partial charge in [-0.05, 0) is 38.1 Å².